The van der Waals surface area contributed by atoms with Gasteiger partial charge in [0.2, 0.25) is 0 Å². The smallest absolute Gasteiger partial charge is 0.252 e. The second-order valence-electron chi connectivity index (χ2n) is 23.1. The molecule has 0 aliphatic carbocycles. The van der Waals surface area contributed by atoms with Crippen molar-refractivity contribution in [1.82, 2.24) is 22.8 Å². The maximum Gasteiger partial charge on any atom is 0.252 e. The number of aromatic nitrogens is 5. The molecule has 0 amide bonds. The lowest BCUT2D eigenvalue weighted by Gasteiger charge is -2.41. The zero-order chi connectivity index (χ0) is 55.2. The molecule has 18 aromatic rings. The summed E-state index contributed by atoms with van der Waals surface area (Å²) in [4.78, 5) is 2.56. The summed E-state index contributed by atoms with van der Waals surface area (Å²) in [6, 6.07) is 106. The molecule has 6 nitrogen and oxygen atoms in total. The van der Waals surface area contributed by atoms with Gasteiger partial charge in [0.1, 0.15) is 0 Å². The minimum atomic E-state index is -0.118. The Labute approximate surface area is 487 Å². The molecule has 5 aromatic heterocycles. The molecule has 0 spiro atoms. The van der Waals surface area contributed by atoms with Gasteiger partial charge in [0, 0.05) is 99.2 Å². The van der Waals surface area contributed by atoms with Gasteiger partial charge in [-0.05, 0) is 120 Å². The summed E-state index contributed by atoms with van der Waals surface area (Å²) in [5, 5.41) is 12.4. The summed E-state index contributed by atoms with van der Waals surface area (Å²) < 4.78 is 12.8. The maximum absolute atomic E-state index is 2.62. The Balaban J connectivity index is 0.957. The number of nitrogens with zero attached hydrogens (tertiary/aromatic N) is 6. The van der Waals surface area contributed by atoms with E-state index in [0.29, 0.717) is 0 Å². The van der Waals surface area contributed by atoms with Crippen molar-refractivity contribution >= 4 is 149 Å². The van der Waals surface area contributed by atoms with E-state index in [1.54, 1.807) is 0 Å². The monoisotopic (exact) mass is 1080 g/mol. The van der Waals surface area contributed by atoms with Crippen LogP contribution in [0.2, 0.25) is 0 Å². The summed E-state index contributed by atoms with van der Waals surface area (Å²) in [6.07, 6.45) is 0. The molecule has 20 rings (SSSR count). The number of hydrogen-bond donors (Lipinski definition) is 0. The molecule has 0 radical (unpaired) electrons. The zero-order valence-electron chi connectivity index (χ0n) is 45.9. The molecule has 2 aliphatic heterocycles. The molecule has 85 heavy (non-hydrogen) atoms. The Kier molecular flexibility index (Phi) is 8.90. The predicted molar refractivity (Wildman–Crippen MR) is 357 cm³/mol. The highest BCUT2D eigenvalue weighted by Crippen LogP contribution is 2.51. The fourth-order valence-electron chi connectivity index (χ4n) is 15.8. The highest BCUT2D eigenvalue weighted by atomic mass is 15.2. The van der Waals surface area contributed by atoms with Crippen LogP contribution in [0.4, 0.5) is 17.1 Å². The highest BCUT2D eigenvalue weighted by molar-refractivity contribution is 7.00. The van der Waals surface area contributed by atoms with Crippen LogP contribution in [-0.2, 0) is 0 Å². The average molecular weight is 1080 g/mol. The fourth-order valence-corrected chi connectivity index (χ4v) is 15.8. The molecule has 0 saturated heterocycles. The van der Waals surface area contributed by atoms with E-state index in [4.69, 9.17) is 0 Å². The zero-order valence-corrected chi connectivity index (χ0v) is 45.9. The summed E-state index contributed by atoms with van der Waals surface area (Å²) >= 11 is 0. The minimum absolute atomic E-state index is 0.118. The Morgan fingerprint density at radius 3 is 1.11 bits per heavy atom. The van der Waals surface area contributed by atoms with E-state index in [9.17, 15) is 0 Å². The quantitative estimate of drug-likeness (QED) is 0.158. The summed E-state index contributed by atoms with van der Waals surface area (Å²) in [7, 11) is 0. The Bertz CT molecular complexity index is 5800. The van der Waals surface area contributed by atoms with Crippen molar-refractivity contribution < 1.29 is 0 Å². The standard InChI is InChI=1S/C78H47BN6/c1-4-23-48(24-5-1)80-68-44-43-51(45-61(68)79-60-36-22-35-56-55-31-12-18-39-64(55)85(75(56)60)70-47-52(46-69(80)74(70)79)81-62-37-16-10-29-53(62)54-30-11-17-38-63(54)81)84-67-42-21-15-34-59(67)73-77-71(57-32-13-19-40-65(57)82(77)49-25-6-2-7-26-49)76-72(78(73)84)58-33-14-20-41-66(58)83(76)50-27-8-3-9-28-50/h1-47H. The van der Waals surface area contributed by atoms with Gasteiger partial charge in [-0.25, -0.2) is 0 Å². The third kappa shape index (κ3) is 5.83. The summed E-state index contributed by atoms with van der Waals surface area (Å²) in [5.41, 5.74) is 24.9. The number of fused-ring (bicyclic) bond motifs is 22. The highest BCUT2D eigenvalue weighted by Gasteiger charge is 2.43. The number of hydrogen-bond acceptors (Lipinski definition) is 1. The molecule has 392 valence electrons. The van der Waals surface area contributed by atoms with Gasteiger partial charge in [-0.1, -0.05) is 182 Å². The topological polar surface area (TPSA) is 27.9 Å². The van der Waals surface area contributed by atoms with Crippen molar-refractivity contribution in [3.8, 4) is 28.4 Å². The van der Waals surface area contributed by atoms with E-state index in [1.165, 1.54) is 131 Å². The second-order valence-corrected chi connectivity index (χ2v) is 23.1. The van der Waals surface area contributed by atoms with Crippen molar-refractivity contribution in [2.24, 2.45) is 0 Å². The van der Waals surface area contributed by atoms with Crippen molar-refractivity contribution in [1.29, 1.82) is 0 Å². The molecule has 0 N–H and O–H groups in total. The molecule has 7 heterocycles. The summed E-state index contributed by atoms with van der Waals surface area (Å²) in [6.45, 7) is -0.118. The van der Waals surface area contributed by atoms with Crippen molar-refractivity contribution in [3.63, 3.8) is 0 Å². The van der Waals surface area contributed by atoms with Crippen LogP contribution in [0.5, 0.6) is 0 Å². The first-order valence-electron chi connectivity index (χ1n) is 29.5. The first-order valence-corrected chi connectivity index (χ1v) is 29.5. The van der Waals surface area contributed by atoms with E-state index in [1.807, 2.05) is 0 Å². The molecule has 7 heteroatoms. The van der Waals surface area contributed by atoms with Crippen molar-refractivity contribution in [2.75, 3.05) is 4.90 Å². The van der Waals surface area contributed by atoms with Gasteiger partial charge in [0.15, 0.2) is 0 Å². The number of anilines is 3. The van der Waals surface area contributed by atoms with Gasteiger partial charge >= 0.3 is 0 Å². The lowest BCUT2D eigenvalue weighted by atomic mass is 9.33. The maximum atomic E-state index is 2.62. The molecular formula is C78H47BN6. The molecule has 0 bridgehead atoms. The molecule has 0 unspecified atom stereocenters. The Morgan fingerprint density at radius 1 is 0.212 bits per heavy atom. The molecule has 13 aromatic carbocycles. The number of benzene rings is 13. The van der Waals surface area contributed by atoms with E-state index < -0.39 is 0 Å². The molecule has 0 saturated carbocycles. The largest absolute Gasteiger partial charge is 0.311 e. The predicted octanol–water partition coefficient (Wildman–Crippen LogP) is 17.8. The third-order valence-electron chi connectivity index (χ3n) is 19.0. The van der Waals surface area contributed by atoms with E-state index >= 15 is 0 Å². The lowest BCUT2D eigenvalue weighted by molar-refractivity contribution is 1.13. The van der Waals surface area contributed by atoms with Crippen molar-refractivity contribution in [3.05, 3.63) is 285 Å². The fraction of sp³-hybridized carbons (Fsp3) is 0. The number of para-hydroxylation sites is 10. The molecular weight excluding hydrogens is 1030 g/mol. The van der Waals surface area contributed by atoms with Gasteiger partial charge in [-0.3, -0.25) is 0 Å². The minimum Gasteiger partial charge on any atom is -0.311 e. The van der Waals surface area contributed by atoms with Gasteiger partial charge in [-0.2, -0.15) is 0 Å². The van der Waals surface area contributed by atoms with Crippen LogP contribution in [0.15, 0.2) is 285 Å². The van der Waals surface area contributed by atoms with Gasteiger partial charge in [-0.15, -0.1) is 0 Å². The van der Waals surface area contributed by atoms with Crippen LogP contribution in [0.1, 0.15) is 0 Å². The molecule has 0 atom stereocenters. The average Bonchev–Trinajstić information content (AvgIpc) is 1.66. The van der Waals surface area contributed by atoms with Crippen LogP contribution in [0, 0.1) is 0 Å². The van der Waals surface area contributed by atoms with Crippen LogP contribution >= 0.6 is 0 Å². The molecule has 2 aliphatic rings. The third-order valence-corrected chi connectivity index (χ3v) is 19.0. The first kappa shape index (κ1) is 45.4. The van der Waals surface area contributed by atoms with Gasteiger partial charge in [0.05, 0.1) is 55.3 Å². The van der Waals surface area contributed by atoms with Crippen LogP contribution < -0.4 is 21.3 Å². The Hall–Kier alpha value is -11.3. The van der Waals surface area contributed by atoms with Gasteiger partial charge in [0.25, 0.3) is 6.71 Å². The van der Waals surface area contributed by atoms with E-state index in [0.717, 1.165) is 39.6 Å². The van der Waals surface area contributed by atoms with Crippen LogP contribution in [-0.4, -0.2) is 29.5 Å². The molecule has 0 fully saturated rings. The Morgan fingerprint density at radius 2 is 0.600 bits per heavy atom. The van der Waals surface area contributed by atoms with E-state index in [2.05, 4.69) is 313 Å². The van der Waals surface area contributed by atoms with Crippen LogP contribution in [0.3, 0.4) is 0 Å². The van der Waals surface area contributed by atoms with Crippen LogP contribution in [0.25, 0.3) is 137 Å². The van der Waals surface area contributed by atoms with Crippen molar-refractivity contribution in [2.45, 2.75) is 0 Å². The summed E-state index contributed by atoms with van der Waals surface area (Å²) in [5.74, 6) is 0. The van der Waals surface area contributed by atoms with E-state index in [-0.39, 0.29) is 6.71 Å². The second kappa shape index (κ2) is 16.7. The lowest BCUT2D eigenvalue weighted by Crippen LogP contribution is -2.60. The normalized spacial score (nSPS) is 12.9. The number of rotatable bonds is 5. The first-order chi connectivity index (χ1) is 42.3. The van der Waals surface area contributed by atoms with Gasteiger partial charge < -0.3 is 27.7 Å². The SMILES string of the molecule is c1ccc(N2c3ccc(-n4c5ccccc5c5c6c(c7ccccc7n6-c6ccccc6)c6c(c7ccccc7n6-c6ccccc6)c54)cc3B3c4c2cc(-n2c5ccccc5c5ccccc52)cc4-n2c4ccccc4c4cccc3c42)cc1.